The van der Waals surface area contributed by atoms with E-state index < -0.39 is 0 Å². The monoisotopic (exact) mass is 378 g/mol. The summed E-state index contributed by atoms with van der Waals surface area (Å²) in [5.74, 6) is 1.12. The minimum absolute atomic E-state index is 0.225. The highest BCUT2D eigenvalue weighted by Gasteiger charge is 2.18. The van der Waals surface area contributed by atoms with Crippen LogP contribution in [-0.4, -0.2) is 45.9 Å². The summed E-state index contributed by atoms with van der Waals surface area (Å²) in [6.45, 7) is 1.97. The largest absolute Gasteiger partial charge is 0.497 e. The number of hydrogen-bond acceptors (Lipinski definition) is 6. The molecule has 0 atom stereocenters. The van der Waals surface area contributed by atoms with Crippen LogP contribution in [0, 0.1) is 0 Å². The van der Waals surface area contributed by atoms with Gasteiger partial charge in [-0.05, 0) is 37.5 Å². The van der Waals surface area contributed by atoms with Crippen molar-refractivity contribution in [1.82, 2.24) is 19.7 Å². The summed E-state index contributed by atoms with van der Waals surface area (Å²) in [4.78, 5) is 23.4. The zero-order valence-corrected chi connectivity index (χ0v) is 15.7. The van der Waals surface area contributed by atoms with E-state index in [1.165, 1.54) is 12.7 Å². The Kier molecular flexibility index (Phi) is 5.18. The number of hydrogen-bond donors (Lipinski definition) is 1. The lowest BCUT2D eigenvalue weighted by Crippen LogP contribution is -2.30. The molecule has 1 saturated heterocycles. The van der Waals surface area contributed by atoms with Crippen LogP contribution in [0.1, 0.15) is 29.6 Å². The molecule has 1 fully saturated rings. The Morgan fingerprint density at radius 1 is 1.18 bits per heavy atom. The number of rotatable bonds is 5. The number of piperidine rings is 1. The lowest BCUT2D eigenvalue weighted by Gasteiger charge is -2.29. The Labute approximate surface area is 163 Å². The number of benzene rings is 1. The van der Waals surface area contributed by atoms with E-state index in [1.807, 2.05) is 6.20 Å². The van der Waals surface area contributed by atoms with Crippen LogP contribution in [0.4, 0.5) is 11.4 Å². The van der Waals surface area contributed by atoms with Crippen LogP contribution < -0.4 is 15.0 Å². The van der Waals surface area contributed by atoms with E-state index in [0.717, 1.165) is 31.6 Å². The molecule has 1 amide bonds. The lowest BCUT2D eigenvalue weighted by molar-refractivity contribution is 0.102. The van der Waals surface area contributed by atoms with Crippen LogP contribution in [0.5, 0.6) is 5.75 Å². The van der Waals surface area contributed by atoms with Crippen LogP contribution in [0.3, 0.4) is 0 Å². The second-order valence-corrected chi connectivity index (χ2v) is 6.64. The molecule has 0 spiro atoms. The summed E-state index contributed by atoms with van der Waals surface area (Å²) in [6, 6.07) is 7.01. The van der Waals surface area contributed by atoms with E-state index in [4.69, 9.17) is 4.74 Å². The van der Waals surface area contributed by atoms with Crippen molar-refractivity contribution in [3.05, 3.63) is 54.7 Å². The minimum atomic E-state index is -0.225. The maximum absolute atomic E-state index is 12.5. The Hall–Kier alpha value is -3.42. The van der Waals surface area contributed by atoms with Crippen molar-refractivity contribution >= 4 is 17.3 Å². The molecule has 8 heteroatoms. The molecule has 3 heterocycles. The number of amides is 1. The normalized spacial score (nSPS) is 14.0. The molecule has 0 saturated carbocycles. The van der Waals surface area contributed by atoms with Gasteiger partial charge in [0, 0.05) is 18.7 Å². The molecule has 4 rings (SSSR count). The summed E-state index contributed by atoms with van der Waals surface area (Å²) in [7, 11) is 1.57. The average Bonchev–Trinajstić information content (AvgIpc) is 3.22. The van der Waals surface area contributed by atoms with Crippen LogP contribution >= 0.6 is 0 Å². The quantitative estimate of drug-likeness (QED) is 0.735. The third-order valence-electron chi connectivity index (χ3n) is 4.76. The van der Waals surface area contributed by atoms with Crippen LogP contribution in [0.2, 0.25) is 0 Å². The van der Waals surface area contributed by atoms with Crippen LogP contribution in [-0.2, 0) is 0 Å². The molecule has 2 aromatic heterocycles. The number of carbonyl (C=O) groups excluding carboxylic acids is 1. The number of aromatic nitrogens is 4. The van der Waals surface area contributed by atoms with E-state index in [2.05, 4.69) is 25.3 Å². The Bertz CT molecular complexity index is 965. The molecule has 0 unspecified atom stereocenters. The van der Waals surface area contributed by atoms with Gasteiger partial charge < -0.3 is 15.0 Å². The minimum Gasteiger partial charge on any atom is -0.497 e. The first kappa shape index (κ1) is 18.0. The molecule has 1 aliphatic rings. The van der Waals surface area contributed by atoms with E-state index >= 15 is 0 Å². The van der Waals surface area contributed by atoms with Crippen molar-refractivity contribution in [3.63, 3.8) is 0 Å². The van der Waals surface area contributed by atoms with E-state index in [-0.39, 0.29) is 5.91 Å². The third-order valence-corrected chi connectivity index (χ3v) is 4.76. The summed E-state index contributed by atoms with van der Waals surface area (Å²) < 4.78 is 6.85. The summed E-state index contributed by atoms with van der Waals surface area (Å²) in [5, 5.41) is 7.25. The number of nitrogens with one attached hydrogen (secondary N) is 1. The number of ether oxygens (including phenoxy) is 1. The van der Waals surface area contributed by atoms with Gasteiger partial charge in [-0.1, -0.05) is 6.07 Å². The first-order chi connectivity index (χ1) is 13.7. The van der Waals surface area contributed by atoms with Gasteiger partial charge in [0.2, 0.25) is 0 Å². The highest BCUT2D eigenvalue weighted by Crippen LogP contribution is 2.25. The lowest BCUT2D eigenvalue weighted by atomic mass is 10.1. The van der Waals surface area contributed by atoms with Crippen molar-refractivity contribution in [3.8, 4) is 11.6 Å². The highest BCUT2D eigenvalue weighted by atomic mass is 16.5. The molecule has 8 nitrogen and oxygen atoms in total. The smallest absolute Gasteiger partial charge is 0.255 e. The van der Waals surface area contributed by atoms with E-state index in [9.17, 15) is 4.79 Å². The average molecular weight is 378 g/mol. The molecule has 0 aliphatic carbocycles. The fraction of sp³-hybridized carbons (Fsp3) is 0.300. The van der Waals surface area contributed by atoms with Gasteiger partial charge in [-0.15, -0.1) is 0 Å². The fourth-order valence-corrected chi connectivity index (χ4v) is 3.32. The van der Waals surface area contributed by atoms with Crippen LogP contribution in [0.15, 0.2) is 49.2 Å². The summed E-state index contributed by atoms with van der Waals surface area (Å²) in [5.41, 5.74) is 2.06. The summed E-state index contributed by atoms with van der Waals surface area (Å²) in [6.07, 6.45) is 10.3. The molecule has 0 radical (unpaired) electrons. The van der Waals surface area contributed by atoms with Crippen molar-refractivity contribution in [1.29, 1.82) is 0 Å². The van der Waals surface area contributed by atoms with Crippen LogP contribution in [0.25, 0.3) is 5.82 Å². The van der Waals surface area contributed by atoms with E-state index in [1.54, 1.807) is 48.5 Å². The molecule has 0 bridgehead atoms. The molecule has 1 N–H and O–H groups in total. The third kappa shape index (κ3) is 3.80. The predicted molar refractivity (Wildman–Crippen MR) is 106 cm³/mol. The van der Waals surface area contributed by atoms with Crippen molar-refractivity contribution in [2.45, 2.75) is 19.3 Å². The number of carbonyl (C=O) groups is 1. The topological polar surface area (TPSA) is 85.2 Å². The molecule has 3 aromatic rings. The SMILES string of the molecule is COc1cccc(C(=O)Nc2cnn(-c3ncncc3N3CCCCC3)c2)c1. The van der Waals surface area contributed by atoms with Gasteiger partial charge in [0.05, 0.1) is 31.4 Å². The molecule has 144 valence electrons. The molecular weight excluding hydrogens is 356 g/mol. The standard InChI is InChI=1S/C20H22N6O2/c1-28-17-7-5-6-15(10-17)20(27)24-16-11-23-26(13-16)19-18(12-21-14-22-19)25-8-3-2-4-9-25/h5-7,10-14H,2-4,8-9H2,1H3,(H,24,27). The first-order valence-corrected chi connectivity index (χ1v) is 9.30. The second kappa shape index (κ2) is 8.08. The second-order valence-electron chi connectivity index (χ2n) is 6.64. The van der Waals surface area contributed by atoms with Crippen molar-refractivity contribution in [2.24, 2.45) is 0 Å². The van der Waals surface area contributed by atoms with Gasteiger partial charge >= 0.3 is 0 Å². The van der Waals surface area contributed by atoms with Gasteiger partial charge in [-0.2, -0.15) is 5.10 Å². The Morgan fingerprint density at radius 2 is 2.04 bits per heavy atom. The zero-order chi connectivity index (χ0) is 19.3. The van der Waals surface area contributed by atoms with Crippen molar-refractivity contribution < 1.29 is 9.53 Å². The highest BCUT2D eigenvalue weighted by molar-refractivity contribution is 6.04. The Balaban J connectivity index is 1.54. The van der Waals surface area contributed by atoms with Gasteiger partial charge in [0.1, 0.15) is 17.8 Å². The molecular formula is C20H22N6O2. The molecule has 1 aromatic carbocycles. The Morgan fingerprint density at radius 3 is 2.86 bits per heavy atom. The fourth-order valence-electron chi connectivity index (χ4n) is 3.32. The van der Waals surface area contributed by atoms with Gasteiger partial charge in [-0.25, -0.2) is 14.6 Å². The number of nitrogens with zero attached hydrogens (tertiary/aromatic N) is 5. The molecule has 28 heavy (non-hydrogen) atoms. The maximum Gasteiger partial charge on any atom is 0.255 e. The number of anilines is 2. The van der Waals surface area contributed by atoms with Crippen molar-refractivity contribution in [2.75, 3.05) is 30.4 Å². The zero-order valence-electron chi connectivity index (χ0n) is 15.7. The van der Waals surface area contributed by atoms with E-state index in [0.29, 0.717) is 22.8 Å². The van der Waals surface area contributed by atoms with Gasteiger partial charge in [-0.3, -0.25) is 4.79 Å². The number of methoxy groups -OCH3 is 1. The molecule has 1 aliphatic heterocycles. The predicted octanol–water partition coefficient (Wildman–Crippen LogP) is 2.91. The summed E-state index contributed by atoms with van der Waals surface area (Å²) >= 11 is 0. The van der Waals surface area contributed by atoms with Gasteiger partial charge in [0.25, 0.3) is 5.91 Å². The maximum atomic E-state index is 12.5. The first-order valence-electron chi connectivity index (χ1n) is 9.30. The van der Waals surface area contributed by atoms with Gasteiger partial charge in [0.15, 0.2) is 5.82 Å².